The van der Waals surface area contributed by atoms with Gasteiger partial charge in [0.2, 0.25) is 0 Å². The fourth-order valence-corrected chi connectivity index (χ4v) is 2.58. The van der Waals surface area contributed by atoms with E-state index in [0.29, 0.717) is 6.04 Å². The van der Waals surface area contributed by atoms with E-state index in [-0.39, 0.29) is 5.38 Å². The number of rotatable bonds is 3. The maximum absolute atomic E-state index is 6.22. The van der Waals surface area contributed by atoms with Crippen LogP contribution in [0.2, 0.25) is 0 Å². The van der Waals surface area contributed by atoms with Crippen LogP contribution in [0.15, 0.2) is 12.4 Å². The van der Waals surface area contributed by atoms with E-state index >= 15 is 0 Å². The molecule has 1 aromatic rings. The molecule has 2 rings (SSSR count). The summed E-state index contributed by atoms with van der Waals surface area (Å²) in [6.45, 7) is 2.11. The van der Waals surface area contributed by atoms with E-state index in [1.807, 2.05) is 6.20 Å². The molecule has 0 N–H and O–H groups in total. The predicted octanol–water partition coefficient (Wildman–Crippen LogP) is 4.47. The molecule has 1 heterocycles. The van der Waals surface area contributed by atoms with Gasteiger partial charge in [0.1, 0.15) is 0 Å². The van der Waals surface area contributed by atoms with Gasteiger partial charge in [0.05, 0.1) is 17.6 Å². The van der Waals surface area contributed by atoms with Crippen molar-refractivity contribution in [3.63, 3.8) is 0 Å². The first-order valence-electron chi connectivity index (χ1n) is 6.49. The van der Waals surface area contributed by atoms with Gasteiger partial charge in [-0.2, -0.15) is 5.10 Å². The molecule has 1 saturated carbocycles. The largest absolute Gasteiger partial charge is 0.269 e. The molecular formula is C13H21ClN2. The SMILES string of the molecule is CCC(Cl)c1cnn(C2CCCCCC2)c1. The Morgan fingerprint density at radius 2 is 2.06 bits per heavy atom. The molecule has 16 heavy (non-hydrogen) atoms. The van der Waals surface area contributed by atoms with Gasteiger partial charge in [0.25, 0.3) is 0 Å². The van der Waals surface area contributed by atoms with Crippen LogP contribution in [-0.4, -0.2) is 9.78 Å². The van der Waals surface area contributed by atoms with Crippen molar-refractivity contribution in [2.24, 2.45) is 0 Å². The van der Waals surface area contributed by atoms with E-state index in [1.54, 1.807) is 0 Å². The molecule has 0 bridgehead atoms. The minimum Gasteiger partial charge on any atom is -0.269 e. The Balaban J connectivity index is 2.05. The van der Waals surface area contributed by atoms with Crippen molar-refractivity contribution >= 4 is 11.6 Å². The molecule has 1 unspecified atom stereocenters. The molecule has 1 fully saturated rings. The zero-order valence-corrected chi connectivity index (χ0v) is 10.8. The zero-order chi connectivity index (χ0) is 11.4. The van der Waals surface area contributed by atoms with Crippen LogP contribution < -0.4 is 0 Å². The topological polar surface area (TPSA) is 17.8 Å². The van der Waals surface area contributed by atoms with E-state index in [1.165, 1.54) is 44.1 Å². The van der Waals surface area contributed by atoms with Crippen LogP contribution in [0.4, 0.5) is 0 Å². The fourth-order valence-electron chi connectivity index (χ4n) is 2.47. The van der Waals surface area contributed by atoms with Crippen LogP contribution in [0, 0.1) is 0 Å². The van der Waals surface area contributed by atoms with Gasteiger partial charge >= 0.3 is 0 Å². The minimum atomic E-state index is 0.125. The highest BCUT2D eigenvalue weighted by Crippen LogP contribution is 2.29. The van der Waals surface area contributed by atoms with E-state index in [4.69, 9.17) is 11.6 Å². The molecular weight excluding hydrogens is 220 g/mol. The second-order valence-electron chi connectivity index (χ2n) is 4.77. The molecule has 1 aromatic heterocycles. The number of aromatic nitrogens is 2. The molecule has 3 heteroatoms. The Morgan fingerprint density at radius 3 is 2.69 bits per heavy atom. The van der Waals surface area contributed by atoms with Crippen molar-refractivity contribution in [1.29, 1.82) is 0 Å². The second-order valence-corrected chi connectivity index (χ2v) is 5.30. The van der Waals surface area contributed by atoms with Crippen LogP contribution in [-0.2, 0) is 0 Å². The van der Waals surface area contributed by atoms with E-state index in [9.17, 15) is 0 Å². The molecule has 0 aromatic carbocycles. The summed E-state index contributed by atoms with van der Waals surface area (Å²) in [4.78, 5) is 0. The standard InChI is InChI=1S/C13H21ClN2/c1-2-13(14)11-9-15-16(10-11)12-7-5-3-4-6-8-12/h9-10,12-13H,2-8H2,1H3. The molecule has 0 spiro atoms. The van der Waals surface area contributed by atoms with Gasteiger partial charge in [-0.3, -0.25) is 4.68 Å². The number of halogens is 1. The molecule has 0 aliphatic heterocycles. The van der Waals surface area contributed by atoms with Crippen molar-refractivity contribution in [3.05, 3.63) is 18.0 Å². The van der Waals surface area contributed by atoms with Crippen molar-refractivity contribution in [3.8, 4) is 0 Å². The van der Waals surface area contributed by atoms with E-state index < -0.39 is 0 Å². The normalized spacial score (nSPS) is 20.6. The monoisotopic (exact) mass is 240 g/mol. The van der Waals surface area contributed by atoms with E-state index in [0.717, 1.165) is 6.42 Å². The third kappa shape index (κ3) is 2.79. The number of hydrogen-bond acceptors (Lipinski definition) is 1. The third-order valence-corrected chi connectivity index (χ3v) is 4.10. The first kappa shape index (κ1) is 12.0. The second kappa shape index (κ2) is 5.72. The quantitative estimate of drug-likeness (QED) is 0.563. The lowest BCUT2D eigenvalue weighted by Crippen LogP contribution is -2.08. The maximum Gasteiger partial charge on any atom is 0.0613 e. The van der Waals surface area contributed by atoms with Crippen LogP contribution in [0.25, 0.3) is 0 Å². The summed E-state index contributed by atoms with van der Waals surface area (Å²) in [6, 6.07) is 0.608. The fraction of sp³-hybridized carbons (Fsp3) is 0.769. The van der Waals surface area contributed by atoms with Crippen LogP contribution in [0.1, 0.15) is 68.9 Å². The zero-order valence-electron chi connectivity index (χ0n) is 10.0. The smallest absolute Gasteiger partial charge is 0.0613 e. The lowest BCUT2D eigenvalue weighted by Gasteiger charge is -2.14. The van der Waals surface area contributed by atoms with Crippen molar-refractivity contribution in [2.45, 2.75) is 63.3 Å². The molecule has 1 aliphatic carbocycles. The van der Waals surface area contributed by atoms with Crippen molar-refractivity contribution in [1.82, 2.24) is 9.78 Å². The molecule has 90 valence electrons. The average molecular weight is 241 g/mol. The first-order valence-corrected chi connectivity index (χ1v) is 6.93. The number of hydrogen-bond donors (Lipinski definition) is 0. The Hall–Kier alpha value is -0.500. The number of nitrogens with zero attached hydrogens (tertiary/aromatic N) is 2. The molecule has 0 radical (unpaired) electrons. The summed E-state index contributed by atoms with van der Waals surface area (Å²) in [7, 11) is 0. The van der Waals surface area contributed by atoms with Gasteiger partial charge in [-0.05, 0) is 19.3 Å². The predicted molar refractivity (Wildman–Crippen MR) is 67.9 cm³/mol. The van der Waals surface area contributed by atoms with Gasteiger partial charge in [-0.25, -0.2) is 0 Å². The van der Waals surface area contributed by atoms with Crippen molar-refractivity contribution < 1.29 is 0 Å². The van der Waals surface area contributed by atoms with Gasteiger partial charge in [0.15, 0.2) is 0 Å². The van der Waals surface area contributed by atoms with Gasteiger partial charge < -0.3 is 0 Å². The minimum absolute atomic E-state index is 0.125. The Bertz CT molecular complexity index is 313. The highest BCUT2D eigenvalue weighted by Gasteiger charge is 2.16. The molecule has 1 aliphatic rings. The van der Waals surface area contributed by atoms with Gasteiger partial charge in [-0.1, -0.05) is 32.6 Å². The summed E-state index contributed by atoms with van der Waals surface area (Å²) >= 11 is 6.22. The Labute approximate surface area is 103 Å². The summed E-state index contributed by atoms with van der Waals surface area (Å²) < 4.78 is 2.14. The molecule has 0 saturated heterocycles. The highest BCUT2D eigenvalue weighted by atomic mass is 35.5. The lowest BCUT2D eigenvalue weighted by molar-refractivity contribution is 0.405. The summed E-state index contributed by atoms with van der Waals surface area (Å²) in [5, 5.41) is 4.61. The molecule has 2 nitrogen and oxygen atoms in total. The van der Waals surface area contributed by atoms with Gasteiger partial charge in [-0.15, -0.1) is 11.6 Å². The Kier molecular flexibility index (Phi) is 4.28. The van der Waals surface area contributed by atoms with E-state index in [2.05, 4.69) is 22.9 Å². The highest BCUT2D eigenvalue weighted by molar-refractivity contribution is 6.20. The lowest BCUT2D eigenvalue weighted by atomic mass is 10.1. The van der Waals surface area contributed by atoms with Crippen molar-refractivity contribution in [2.75, 3.05) is 0 Å². The molecule has 0 amide bonds. The molecule has 1 atom stereocenters. The Morgan fingerprint density at radius 1 is 1.38 bits per heavy atom. The first-order chi connectivity index (χ1) is 7.81. The summed E-state index contributed by atoms with van der Waals surface area (Å²) in [5.74, 6) is 0. The average Bonchev–Trinajstić information content (AvgIpc) is 2.64. The number of alkyl halides is 1. The maximum atomic E-state index is 6.22. The van der Waals surface area contributed by atoms with Crippen LogP contribution >= 0.6 is 11.6 Å². The van der Waals surface area contributed by atoms with Crippen LogP contribution in [0.5, 0.6) is 0 Å². The summed E-state index contributed by atoms with van der Waals surface area (Å²) in [5.41, 5.74) is 1.17. The third-order valence-electron chi connectivity index (χ3n) is 3.54. The van der Waals surface area contributed by atoms with Gasteiger partial charge in [0, 0.05) is 11.8 Å². The van der Waals surface area contributed by atoms with Crippen LogP contribution in [0.3, 0.4) is 0 Å². The summed E-state index contributed by atoms with van der Waals surface area (Å²) in [6.07, 6.45) is 13.1.